The summed E-state index contributed by atoms with van der Waals surface area (Å²) in [5.41, 5.74) is 0. The molecule has 0 N–H and O–H groups in total. The summed E-state index contributed by atoms with van der Waals surface area (Å²) in [6.45, 7) is 0. The van der Waals surface area contributed by atoms with E-state index in [0.29, 0.717) is 8.59 Å². The summed E-state index contributed by atoms with van der Waals surface area (Å²) in [4.78, 5) is 0. The van der Waals surface area contributed by atoms with Gasteiger partial charge in [-0.1, -0.05) is 11.6 Å². The molecule has 0 nitrogen and oxygen atoms in total. The maximum Gasteiger partial charge on any atom is 0.138 e. The molecule has 0 saturated carbocycles. The summed E-state index contributed by atoms with van der Waals surface area (Å²) in [6, 6.07) is 2.92. The van der Waals surface area contributed by atoms with Crippen LogP contribution in [0.5, 0.6) is 0 Å². The van der Waals surface area contributed by atoms with Crippen LogP contribution in [-0.2, 0) is 0 Å². The van der Waals surface area contributed by atoms with Crippen LogP contribution in [0.1, 0.15) is 0 Å². The molecule has 54 valence electrons. The molecular weight excluding hydrogens is 333 g/mol. The van der Waals surface area contributed by atoms with Gasteiger partial charge in [-0.05, 0) is 50.7 Å². The van der Waals surface area contributed by atoms with Crippen molar-refractivity contribution in [2.45, 2.75) is 0 Å². The molecule has 0 amide bonds. The molecule has 0 atom stereocenters. The Kier molecular flexibility index (Phi) is 2.94. The Hall–Kier alpha value is 0.650. The predicted octanol–water partition coefficient (Wildman–Crippen LogP) is 3.85. The Bertz CT molecular complexity index is 214. The van der Waals surface area contributed by atoms with E-state index in [4.69, 9.17) is 11.6 Å². The van der Waals surface area contributed by atoms with Crippen LogP contribution < -0.4 is 0 Å². The van der Waals surface area contributed by atoms with E-state index in [0.717, 1.165) is 4.47 Å². The maximum absolute atomic E-state index is 12.6. The van der Waals surface area contributed by atoms with Gasteiger partial charge in [-0.3, -0.25) is 0 Å². The van der Waals surface area contributed by atoms with Crippen LogP contribution in [0.4, 0.5) is 4.39 Å². The lowest BCUT2D eigenvalue weighted by molar-refractivity contribution is 0.620. The van der Waals surface area contributed by atoms with Crippen molar-refractivity contribution < 1.29 is 4.39 Å². The zero-order valence-electron chi connectivity index (χ0n) is 4.67. The average Bonchev–Trinajstić information content (AvgIpc) is 1.84. The van der Waals surface area contributed by atoms with Crippen molar-refractivity contribution in [3.63, 3.8) is 0 Å². The zero-order chi connectivity index (χ0) is 7.72. The largest absolute Gasteiger partial charge is 0.206 e. The molecule has 1 aromatic rings. The van der Waals surface area contributed by atoms with E-state index < -0.39 is 0 Å². The fourth-order valence-corrected chi connectivity index (χ4v) is 1.89. The second-order valence-corrected chi connectivity index (χ2v) is 4.10. The van der Waals surface area contributed by atoms with Crippen LogP contribution in [-0.4, -0.2) is 0 Å². The van der Waals surface area contributed by atoms with Crippen LogP contribution in [0.25, 0.3) is 0 Å². The first-order valence-electron chi connectivity index (χ1n) is 2.41. The zero-order valence-corrected chi connectivity index (χ0v) is 9.17. The van der Waals surface area contributed by atoms with Gasteiger partial charge in [-0.15, -0.1) is 0 Å². The predicted molar refractivity (Wildman–Crippen MR) is 51.8 cm³/mol. The molecule has 0 spiro atoms. The van der Waals surface area contributed by atoms with E-state index in [1.165, 1.54) is 6.07 Å². The summed E-state index contributed by atoms with van der Waals surface area (Å²) in [6.07, 6.45) is 0. The van der Waals surface area contributed by atoms with Crippen LogP contribution >= 0.6 is 50.1 Å². The number of hydrogen-bond acceptors (Lipinski definition) is 0. The molecule has 1 rings (SSSR count). The van der Waals surface area contributed by atoms with Crippen molar-refractivity contribution in [2.75, 3.05) is 0 Å². The lowest BCUT2D eigenvalue weighted by Gasteiger charge is -1.96. The standard InChI is InChI=1S/C6H2BrClFI/c7-3-1-6(10)5(9)2-4(3)8/h1-2H. The normalized spacial score (nSPS) is 10.0. The third kappa shape index (κ3) is 1.83. The lowest BCUT2D eigenvalue weighted by Crippen LogP contribution is -1.80. The Morgan fingerprint density at radius 1 is 1.50 bits per heavy atom. The Morgan fingerprint density at radius 3 is 2.60 bits per heavy atom. The second kappa shape index (κ2) is 3.36. The monoisotopic (exact) mass is 334 g/mol. The van der Waals surface area contributed by atoms with Gasteiger partial charge in [0.15, 0.2) is 0 Å². The second-order valence-electron chi connectivity index (χ2n) is 1.68. The van der Waals surface area contributed by atoms with Crippen LogP contribution in [0, 0.1) is 9.39 Å². The molecule has 0 unspecified atom stereocenters. The van der Waals surface area contributed by atoms with Crippen molar-refractivity contribution in [3.05, 3.63) is 31.0 Å². The fraction of sp³-hybridized carbons (Fsp3) is 0. The van der Waals surface area contributed by atoms with Gasteiger partial charge in [0.1, 0.15) is 5.82 Å². The van der Waals surface area contributed by atoms with Gasteiger partial charge in [0, 0.05) is 8.04 Å². The van der Waals surface area contributed by atoms with Crippen LogP contribution in [0.2, 0.25) is 5.02 Å². The van der Waals surface area contributed by atoms with Crippen LogP contribution in [0.3, 0.4) is 0 Å². The fourth-order valence-electron chi connectivity index (χ4n) is 0.498. The number of halogens is 4. The van der Waals surface area contributed by atoms with Gasteiger partial charge in [0.2, 0.25) is 0 Å². The van der Waals surface area contributed by atoms with E-state index in [1.807, 2.05) is 22.6 Å². The highest BCUT2D eigenvalue weighted by atomic mass is 127. The van der Waals surface area contributed by atoms with Crippen molar-refractivity contribution in [2.24, 2.45) is 0 Å². The minimum Gasteiger partial charge on any atom is -0.206 e. The summed E-state index contributed by atoms with van der Waals surface area (Å²) in [5, 5.41) is 0.401. The Labute approximate surface area is 85.0 Å². The molecule has 0 bridgehead atoms. The third-order valence-corrected chi connectivity index (χ3v) is 2.99. The van der Waals surface area contributed by atoms with E-state index in [1.54, 1.807) is 6.07 Å². The molecule has 0 aliphatic heterocycles. The maximum atomic E-state index is 12.6. The molecule has 4 heteroatoms. The summed E-state index contributed by atoms with van der Waals surface area (Å²) < 4.78 is 13.9. The number of rotatable bonds is 0. The first-order valence-corrected chi connectivity index (χ1v) is 4.66. The summed E-state index contributed by atoms with van der Waals surface area (Å²) in [7, 11) is 0. The molecule has 10 heavy (non-hydrogen) atoms. The summed E-state index contributed by atoms with van der Waals surface area (Å²) in [5.74, 6) is -0.284. The SMILES string of the molecule is Fc1cc(Cl)c(Br)cc1I. The van der Waals surface area contributed by atoms with Gasteiger partial charge in [-0.2, -0.15) is 0 Å². The molecule has 0 heterocycles. The van der Waals surface area contributed by atoms with Gasteiger partial charge >= 0.3 is 0 Å². The average molecular weight is 335 g/mol. The number of hydrogen-bond donors (Lipinski definition) is 0. The highest BCUT2D eigenvalue weighted by molar-refractivity contribution is 14.1. The molecule has 1 aromatic carbocycles. The minimum absolute atomic E-state index is 0.284. The topological polar surface area (TPSA) is 0 Å². The molecule has 0 fully saturated rings. The molecule has 0 aliphatic carbocycles. The van der Waals surface area contributed by atoms with Gasteiger partial charge < -0.3 is 0 Å². The van der Waals surface area contributed by atoms with Crippen molar-refractivity contribution in [1.82, 2.24) is 0 Å². The van der Waals surface area contributed by atoms with Crippen LogP contribution in [0.15, 0.2) is 16.6 Å². The van der Waals surface area contributed by atoms with Crippen molar-refractivity contribution in [3.8, 4) is 0 Å². The first kappa shape index (κ1) is 8.74. The van der Waals surface area contributed by atoms with E-state index in [9.17, 15) is 4.39 Å². The van der Waals surface area contributed by atoms with Crippen molar-refractivity contribution in [1.29, 1.82) is 0 Å². The Balaban J connectivity index is 3.28. The molecular formula is C6H2BrClFI. The van der Waals surface area contributed by atoms with E-state index in [2.05, 4.69) is 15.9 Å². The van der Waals surface area contributed by atoms with Gasteiger partial charge in [0.25, 0.3) is 0 Å². The summed E-state index contributed by atoms with van der Waals surface area (Å²) >= 11 is 10.7. The Morgan fingerprint density at radius 2 is 2.10 bits per heavy atom. The molecule has 0 saturated heterocycles. The molecule has 0 radical (unpaired) electrons. The van der Waals surface area contributed by atoms with Gasteiger partial charge in [0.05, 0.1) is 5.02 Å². The highest BCUT2D eigenvalue weighted by Crippen LogP contribution is 2.26. The molecule has 0 aromatic heterocycles. The quantitative estimate of drug-likeness (QED) is 0.499. The highest BCUT2D eigenvalue weighted by Gasteiger charge is 2.02. The molecule has 0 aliphatic rings. The lowest BCUT2D eigenvalue weighted by atomic mass is 10.3. The minimum atomic E-state index is -0.284. The smallest absolute Gasteiger partial charge is 0.138 e. The van der Waals surface area contributed by atoms with E-state index in [-0.39, 0.29) is 5.82 Å². The number of benzene rings is 1. The van der Waals surface area contributed by atoms with Gasteiger partial charge in [-0.25, -0.2) is 4.39 Å². The van der Waals surface area contributed by atoms with E-state index >= 15 is 0 Å². The third-order valence-electron chi connectivity index (χ3n) is 0.963. The first-order chi connectivity index (χ1) is 4.61. The van der Waals surface area contributed by atoms with Crippen molar-refractivity contribution >= 4 is 50.1 Å².